The van der Waals surface area contributed by atoms with Crippen molar-refractivity contribution in [1.29, 1.82) is 0 Å². The van der Waals surface area contributed by atoms with Gasteiger partial charge in [-0.25, -0.2) is 4.79 Å². The molecule has 3 rings (SSSR count). The first-order valence-electron chi connectivity index (χ1n) is 8.90. The Kier molecular flexibility index (Phi) is 6.29. The largest absolute Gasteiger partial charge is 0.478 e. The number of hydrogen-bond acceptors (Lipinski definition) is 7. The van der Waals surface area contributed by atoms with E-state index < -0.39 is 23.7 Å². The summed E-state index contributed by atoms with van der Waals surface area (Å²) in [6, 6.07) is 18.2. The number of carbonyl (C=O) groups excluding carboxylic acids is 2. The number of rotatable bonds is 9. The van der Waals surface area contributed by atoms with Gasteiger partial charge in [-0.1, -0.05) is 60.7 Å². The van der Waals surface area contributed by atoms with Gasteiger partial charge in [0.1, 0.15) is 11.4 Å². The number of carbonyl (C=O) groups is 3. The van der Waals surface area contributed by atoms with Crippen LogP contribution in [0.4, 0.5) is 0 Å². The molecule has 0 aliphatic carbocycles. The molecular formula is C22H18N2O6. The SMILES string of the molecule is COC(c1ccccc1)(c1ccccc1)[C@H](Oc1nc(C=O)cc(C=O)n1)C(=O)O. The van der Waals surface area contributed by atoms with Crippen LogP contribution in [0.15, 0.2) is 66.7 Å². The van der Waals surface area contributed by atoms with Crippen LogP contribution in [-0.4, -0.2) is 46.8 Å². The topological polar surface area (TPSA) is 116 Å². The molecular weight excluding hydrogens is 388 g/mol. The lowest BCUT2D eigenvalue weighted by molar-refractivity contribution is -0.160. The van der Waals surface area contributed by atoms with Crippen LogP contribution in [0.25, 0.3) is 0 Å². The van der Waals surface area contributed by atoms with Gasteiger partial charge >= 0.3 is 12.0 Å². The first-order chi connectivity index (χ1) is 14.5. The molecule has 0 fully saturated rings. The van der Waals surface area contributed by atoms with E-state index in [4.69, 9.17) is 9.47 Å². The van der Waals surface area contributed by atoms with Crippen LogP contribution in [-0.2, 0) is 15.1 Å². The Bertz CT molecular complexity index is 974. The summed E-state index contributed by atoms with van der Waals surface area (Å²) in [5.74, 6) is -1.35. The van der Waals surface area contributed by atoms with Crippen molar-refractivity contribution < 1.29 is 29.0 Å². The molecule has 2 aromatic carbocycles. The van der Waals surface area contributed by atoms with Gasteiger partial charge in [0.25, 0.3) is 0 Å². The predicted octanol–water partition coefficient (Wildman–Crippen LogP) is 2.52. The first kappa shape index (κ1) is 20.8. The van der Waals surface area contributed by atoms with Crippen molar-refractivity contribution in [1.82, 2.24) is 9.97 Å². The minimum Gasteiger partial charge on any atom is -0.478 e. The molecule has 0 spiro atoms. The van der Waals surface area contributed by atoms with Crippen molar-refractivity contribution in [2.24, 2.45) is 0 Å². The Morgan fingerprint density at radius 3 is 1.77 bits per heavy atom. The highest BCUT2D eigenvalue weighted by atomic mass is 16.6. The molecule has 1 N–H and O–H groups in total. The molecule has 8 nitrogen and oxygen atoms in total. The summed E-state index contributed by atoms with van der Waals surface area (Å²) in [6.45, 7) is 0. The van der Waals surface area contributed by atoms with E-state index >= 15 is 0 Å². The molecule has 1 atom stereocenters. The van der Waals surface area contributed by atoms with Crippen molar-refractivity contribution in [2.45, 2.75) is 11.7 Å². The van der Waals surface area contributed by atoms with Gasteiger partial charge in [0.05, 0.1) is 0 Å². The third-order valence-electron chi connectivity index (χ3n) is 4.53. The first-order valence-corrected chi connectivity index (χ1v) is 8.90. The van der Waals surface area contributed by atoms with Crippen LogP contribution in [0.1, 0.15) is 32.1 Å². The molecule has 1 heterocycles. The van der Waals surface area contributed by atoms with E-state index in [2.05, 4.69) is 9.97 Å². The molecule has 0 amide bonds. The summed E-state index contributed by atoms with van der Waals surface area (Å²) < 4.78 is 11.5. The fourth-order valence-electron chi connectivity index (χ4n) is 3.23. The van der Waals surface area contributed by atoms with Gasteiger partial charge in [0.2, 0.25) is 6.10 Å². The van der Waals surface area contributed by atoms with Crippen molar-refractivity contribution in [3.8, 4) is 6.01 Å². The lowest BCUT2D eigenvalue weighted by atomic mass is 9.81. The van der Waals surface area contributed by atoms with E-state index in [0.717, 1.165) is 0 Å². The van der Waals surface area contributed by atoms with Crippen LogP contribution in [0.2, 0.25) is 0 Å². The van der Waals surface area contributed by atoms with Gasteiger partial charge < -0.3 is 14.6 Å². The highest BCUT2D eigenvalue weighted by molar-refractivity contribution is 5.79. The number of carboxylic acid groups (broad SMARTS) is 1. The third-order valence-corrected chi connectivity index (χ3v) is 4.53. The monoisotopic (exact) mass is 406 g/mol. The third kappa shape index (κ3) is 3.94. The summed E-state index contributed by atoms with van der Waals surface area (Å²) in [5, 5.41) is 10.1. The van der Waals surface area contributed by atoms with Crippen molar-refractivity contribution in [2.75, 3.05) is 7.11 Å². The van der Waals surface area contributed by atoms with Crippen LogP contribution in [0, 0.1) is 0 Å². The molecule has 152 valence electrons. The summed E-state index contributed by atoms with van der Waals surface area (Å²) in [6.07, 6.45) is -0.821. The Balaban J connectivity index is 2.20. The fourth-order valence-corrected chi connectivity index (χ4v) is 3.23. The van der Waals surface area contributed by atoms with Gasteiger partial charge in [-0.05, 0) is 17.2 Å². The second-order valence-electron chi connectivity index (χ2n) is 6.24. The van der Waals surface area contributed by atoms with E-state index in [-0.39, 0.29) is 11.4 Å². The molecule has 0 aliphatic heterocycles. The molecule has 3 aromatic rings. The maximum absolute atomic E-state index is 12.4. The number of aromatic nitrogens is 2. The van der Waals surface area contributed by atoms with E-state index in [0.29, 0.717) is 23.7 Å². The van der Waals surface area contributed by atoms with E-state index in [1.807, 2.05) is 0 Å². The Morgan fingerprint density at radius 1 is 0.933 bits per heavy atom. The molecule has 0 bridgehead atoms. The zero-order valence-electron chi connectivity index (χ0n) is 16.0. The zero-order valence-corrected chi connectivity index (χ0v) is 16.0. The van der Waals surface area contributed by atoms with Crippen molar-refractivity contribution in [3.63, 3.8) is 0 Å². The average molecular weight is 406 g/mol. The Morgan fingerprint density at radius 2 is 1.40 bits per heavy atom. The summed E-state index contributed by atoms with van der Waals surface area (Å²) in [7, 11) is 1.37. The standard InChI is InChI=1S/C22H18N2O6/c1-29-22(15-8-4-2-5-9-15,16-10-6-3-7-11-16)19(20(27)28)30-21-23-17(13-25)12-18(14-26)24-21/h2-14,19H,1H3,(H,27,28)/t19-/m1/s1. The summed E-state index contributed by atoms with van der Waals surface area (Å²) >= 11 is 0. The predicted molar refractivity (Wildman–Crippen MR) is 106 cm³/mol. The molecule has 0 unspecified atom stereocenters. The van der Waals surface area contributed by atoms with E-state index in [9.17, 15) is 19.5 Å². The number of hydrogen-bond donors (Lipinski definition) is 1. The van der Waals surface area contributed by atoms with Crippen LogP contribution in [0.3, 0.4) is 0 Å². The minimum atomic E-state index is -1.64. The summed E-state index contributed by atoms with van der Waals surface area (Å²) in [5.41, 5.74) is -0.764. The van der Waals surface area contributed by atoms with Crippen LogP contribution < -0.4 is 4.74 Å². The molecule has 1 aromatic heterocycles. The summed E-state index contributed by atoms with van der Waals surface area (Å²) in [4.78, 5) is 42.4. The van der Waals surface area contributed by atoms with Crippen molar-refractivity contribution in [3.05, 3.63) is 89.2 Å². The number of methoxy groups -OCH3 is 1. The van der Waals surface area contributed by atoms with Crippen LogP contribution >= 0.6 is 0 Å². The number of ether oxygens (including phenoxy) is 2. The fraction of sp³-hybridized carbons (Fsp3) is 0.136. The number of aldehydes is 2. The highest BCUT2D eigenvalue weighted by Gasteiger charge is 2.49. The normalized spacial score (nSPS) is 12.0. The number of benzene rings is 2. The lowest BCUT2D eigenvalue weighted by Crippen LogP contribution is -2.50. The number of carboxylic acids is 1. The Hall–Kier alpha value is -3.91. The number of nitrogens with zero attached hydrogens (tertiary/aromatic N) is 2. The van der Waals surface area contributed by atoms with Crippen molar-refractivity contribution >= 4 is 18.5 Å². The highest BCUT2D eigenvalue weighted by Crippen LogP contribution is 2.38. The molecule has 8 heteroatoms. The number of aliphatic carboxylic acids is 1. The van der Waals surface area contributed by atoms with E-state index in [1.165, 1.54) is 13.2 Å². The molecule has 0 saturated heterocycles. The maximum Gasteiger partial charge on any atom is 0.348 e. The molecule has 30 heavy (non-hydrogen) atoms. The zero-order chi connectivity index (χ0) is 21.6. The molecule has 0 saturated carbocycles. The average Bonchev–Trinajstić information content (AvgIpc) is 2.80. The smallest absolute Gasteiger partial charge is 0.348 e. The minimum absolute atomic E-state index is 0.117. The molecule has 0 aliphatic rings. The van der Waals surface area contributed by atoms with Gasteiger partial charge in [0, 0.05) is 7.11 Å². The van der Waals surface area contributed by atoms with Gasteiger partial charge in [-0.2, -0.15) is 9.97 Å². The lowest BCUT2D eigenvalue weighted by Gasteiger charge is -2.37. The van der Waals surface area contributed by atoms with Gasteiger partial charge in [-0.15, -0.1) is 0 Å². The van der Waals surface area contributed by atoms with Gasteiger partial charge in [0.15, 0.2) is 18.2 Å². The second-order valence-corrected chi connectivity index (χ2v) is 6.24. The second kappa shape index (κ2) is 9.06. The van der Waals surface area contributed by atoms with Crippen LogP contribution in [0.5, 0.6) is 6.01 Å². The van der Waals surface area contributed by atoms with E-state index in [1.54, 1.807) is 60.7 Å². The van der Waals surface area contributed by atoms with Gasteiger partial charge in [-0.3, -0.25) is 9.59 Å². The molecule has 0 radical (unpaired) electrons. The maximum atomic E-state index is 12.4. The quantitative estimate of drug-likeness (QED) is 0.539. The Labute approximate surface area is 172 Å².